The molecule has 1 aliphatic heterocycles. The van der Waals surface area contributed by atoms with Gasteiger partial charge >= 0.3 is 0 Å². The summed E-state index contributed by atoms with van der Waals surface area (Å²) in [5, 5.41) is 3.04. The zero-order chi connectivity index (χ0) is 17.1. The number of carbonyl (C=O) groups is 1. The largest absolute Gasteiger partial charge is 0.364 e. The normalized spacial score (nSPS) is 14.5. The zero-order valence-electron chi connectivity index (χ0n) is 13.5. The summed E-state index contributed by atoms with van der Waals surface area (Å²) in [6, 6.07) is 3.07. The number of nitrogens with zero attached hydrogens (tertiary/aromatic N) is 4. The predicted octanol–water partition coefficient (Wildman–Crippen LogP) is 1.01. The summed E-state index contributed by atoms with van der Waals surface area (Å²) < 4.78 is 1.44. The molecule has 0 unspecified atom stereocenters. The molecule has 3 rings (SSSR count). The minimum Gasteiger partial charge on any atom is -0.364 e. The second kappa shape index (κ2) is 6.69. The van der Waals surface area contributed by atoms with Gasteiger partial charge in [-0.1, -0.05) is 0 Å². The van der Waals surface area contributed by atoms with Gasteiger partial charge in [-0.15, -0.1) is 0 Å². The minimum absolute atomic E-state index is 0.0737. The number of hydrogen-bond donors (Lipinski definition) is 2. The molecule has 0 aromatic carbocycles. The van der Waals surface area contributed by atoms with Gasteiger partial charge < -0.3 is 20.5 Å². The molecule has 1 fully saturated rings. The van der Waals surface area contributed by atoms with E-state index in [1.807, 2.05) is 0 Å². The van der Waals surface area contributed by atoms with Gasteiger partial charge in [0.1, 0.15) is 5.82 Å². The Morgan fingerprint density at radius 3 is 2.67 bits per heavy atom. The van der Waals surface area contributed by atoms with Crippen LogP contribution in [-0.4, -0.2) is 33.5 Å². The highest BCUT2D eigenvalue weighted by atomic mass is 16.1. The minimum atomic E-state index is -0.653. The van der Waals surface area contributed by atoms with E-state index in [0.29, 0.717) is 17.3 Å². The van der Waals surface area contributed by atoms with Crippen molar-refractivity contribution in [2.45, 2.75) is 19.3 Å². The van der Waals surface area contributed by atoms with Crippen molar-refractivity contribution in [2.75, 3.05) is 23.3 Å². The summed E-state index contributed by atoms with van der Waals surface area (Å²) >= 11 is 0. The van der Waals surface area contributed by atoms with Crippen molar-refractivity contribution in [3.63, 3.8) is 0 Å². The first kappa shape index (κ1) is 16.0. The Bertz CT molecular complexity index is 810. The molecule has 0 radical (unpaired) electrons. The lowest BCUT2D eigenvalue weighted by molar-refractivity contribution is 0.0996. The molecule has 1 aliphatic rings. The van der Waals surface area contributed by atoms with Crippen LogP contribution in [0.3, 0.4) is 0 Å². The maximum atomic E-state index is 11.6. The number of amides is 1. The van der Waals surface area contributed by atoms with Crippen LogP contribution in [0.4, 0.5) is 17.3 Å². The standard InChI is InChI=1S/C16H20N6O2/c1-21-10-11(5-6-13(21)23)19-16-14(15(17)24)18-9-12(20-16)22-7-3-2-4-8-22/h5-6,9-10H,2-4,7-8H2,1H3,(H2,17,24)(H,19,20). The molecule has 3 N–H and O–H groups in total. The van der Waals surface area contributed by atoms with E-state index >= 15 is 0 Å². The van der Waals surface area contributed by atoms with Gasteiger partial charge in [0.15, 0.2) is 11.5 Å². The fourth-order valence-corrected chi connectivity index (χ4v) is 2.73. The van der Waals surface area contributed by atoms with Crippen LogP contribution in [0, 0.1) is 0 Å². The number of rotatable bonds is 4. The number of nitrogens with two attached hydrogens (primary N) is 1. The third-order valence-corrected chi connectivity index (χ3v) is 4.02. The maximum Gasteiger partial charge on any atom is 0.271 e. The van der Waals surface area contributed by atoms with E-state index in [0.717, 1.165) is 25.9 Å². The van der Waals surface area contributed by atoms with E-state index in [-0.39, 0.29) is 11.3 Å². The lowest BCUT2D eigenvalue weighted by atomic mass is 10.1. The number of anilines is 3. The van der Waals surface area contributed by atoms with Gasteiger partial charge in [-0.25, -0.2) is 9.97 Å². The Balaban J connectivity index is 1.94. The smallest absolute Gasteiger partial charge is 0.271 e. The molecule has 2 aromatic rings. The number of aryl methyl sites for hydroxylation is 1. The molecule has 1 saturated heterocycles. The summed E-state index contributed by atoms with van der Waals surface area (Å²) in [5.41, 5.74) is 5.98. The number of primary amides is 1. The van der Waals surface area contributed by atoms with Crippen molar-refractivity contribution in [2.24, 2.45) is 12.8 Å². The SMILES string of the molecule is Cn1cc(Nc2nc(N3CCCCC3)cnc2C(N)=O)ccc1=O. The summed E-state index contributed by atoms with van der Waals surface area (Å²) in [6.07, 6.45) is 6.65. The monoisotopic (exact) mass is 328 g/mol. The highest BCUT2D eigenvalue weighted by molar-refractivity contribution is 5.96. The van der Waals surface area contributed by atoms with Gasteiger partial charge in [0.05, 0.1) is 11.9 Å². The van der Waals surface area contributed by atoms with Gasteiger partial charge in [-0.05, 0) is 25.3 Å². The second-order valence-electron chi connectivity index (χ2n) is 5.83. The van der Waals surface area contributed by atoms with E-state index in [2.05, 4.69) is 20.2 Å². The van der Waals surface area contributed by atoms with Crippen LogP contribution >= 0.6 is 0 Å². The third kappa shape index (κ3) is 3.37. The van der Waals surface area contributed by atoms with E-state index in [9.17, 15) is 9.59 Å². The highest BCUT2D eigenvalue weighted by Crippen LogP contribution is 2.22. The zero-order valence-corrected chi connectivity index (χ0v) is 13.5. The van der Waals surface area contributed by atoms with Gasteiger partial charge in [0, 0.05) is 32.4 Å². The number of aromatic nitrogens is 3. The summed E-state index contributed by atoms with van der Waals surface area (Å²) in [7, 11) is 1.65. The van der Waals surface area contributed by atoms with E-state index in [4.69, 9.17) is 5.73 Å². The van der Waals surface area contributed by atoms with Crippen LogP contribution in [-0.2, 0) is 7.05 Å². The molecule has 0 bridgehead atoms. The molecule has 8 nitrogen and oxygen atoms in total. The van der Waals surface area contributed by atoms with Gasteiger partial charge in [0.25, 0.3) is 5.91 Å². The number of pyridine rings is 1. The van der Waals surface area contributed by atoms with Crippen LogP contribution in [0.25, 0.3) is 0 Å². The fraction of sp³-hybridized carbons (Fsp3) is 0.375. The molecule has 2 aromatic heterocycles. The Hall–Kier alpha value is -2.90. The molecular weight excluding hydrogens is 308 g/mol. The Kier molecular flexibility index (Phi) is 4.45. The molecule has 0 saturated carbocycles. The van der Waals surface area contributed by atoms with Crippen LogP contribution in [0.15, 0.2) is 29.3 Å². The fourth-order valence-electron chi connectivity index (χ4n) is 2.73. The van der Waals surface area contributed by atoms with Crippen LogP contribution in [0.1, 0.15) is 29.8 Å². The van der Waals surface area contributed by atoms with Crippen molar-refractivity contribution < 1.29 is 4.79 Å². The first-order valence-corrected chi connectivity index (χ1v) is 7.90. The molecule has 126 valence electrons. The van der Waals surface area contributed by atoms with Crippen LogP contribution in [0.5, 0.6) is 0 Å². The van der Waals surface area contributed by atoms with E-state index in [1.54, 1.807) is 25.5 Å². The van der Waals surface area contributed by atoms with Crippen molar-refractivity contribution in [1.82, 2.24) is 14.5 Å². The Morgan fingerprint density at radius 2 is 2.00 bits per heavy atom. The van der Waals surface area contributed by atoms with Gasteiger partial charge in [-0.3, -0.25) is 9.59 Å². The second-order valence-corrected chi connectivity index (χ2v) is 5.83. The summed E-state index contributed by atoms with van der Waals surface area (Å²) in [4.78, 5) is 34.0. The van der Waals surface area contributed by atoms with Crippen molar-refractivity contribution >= 4 is 23.2 Å². The predicted molar refractivity (Wildman–Crippen MR) is 91.6 cm³/mol. The topological polar surface area (TPSA) is 106 Å². The average molecular weight is 328 g/mol. The number of hydrogen-bond acceptors (Lipinski definition) is 6. The van der Waals surface area contributed by atoms with E-state index < -0.39 is 5.91 Å². The van der Waals surface area contributed by atoms with Gasteiger partial charge in [0.2, 0.25) is 5.56 Å². The number of nitrogens with one attached hydrogen (secondary N) is 1. The lowest BCUT2D eigenvalue weighted by Gasteiger charge is -2.27. The Morgan fingerprint density at radius 1 is 1.25 bits per heavy atom. The van der Waals surface area contributed by atoms with E-state index in [1.165, 1.54) is 17.1 Å². The number of carbonyl (C=O) groups excluding carboxylic acids is 1. The molecule has 0 atom stereocenters. The molecule has 8 heteroatoms. The molecule has 24 heavy (non-hydrogen) atoms. The summed E-state index contributed by atoms with van der Waals surface area (Å²) in [6.45, 7) is 1.84. The Labute approximate surface area is 139 Å². The molecular formula is C16H20N6O2. The molecule has 3 heterocycles. The number of piperidine rings is 1. The van der Waals surface area contributed by atoms with Crippen molar-refractivity contribution in [3.8, 4) is 0 Å². The molecule has 0 aliphatic carbocycles. The van der Waals surface area contributed by atoms with Crippen molar-refractivity contribution in [1.29, 1.82) is 0 Å². The third-order valence-electron chi connectivity index (χ3n) is 4.02. The summed E-state index contributed by atoms with van der Waals surface area (Å²) in [5.74, 6) is 0.358. The van der Waals surface area contributed by atoms with Crippen LogP contribution < -0.4 is 21.5 Å². The quantitative estimate of drug-likeness (QED) is 0.867. The highest BCUT2D eigenvalue weighted by Gasteiger charge is 2.18. The first-order valence-electron chi connectivity index (χ1n) is 7.90. The van der Waals surface area contributed by atoms with Crippen molar-refractivity contribution in [3.05, 3.63) is 40.6 Å². The van der Waals surface area contributed by atoms with Gasteiger partial charge in [-0.2, -0.15) is 0 Å². The van der Waals surface area contributed by atoms with Crippen LogP contribution in [0.2, 0.25) is 0 Å². The lowest BCUT2D eigenvalue weighted by Crippen LogP contribution is -2.31. The average Bonchev–Trinajstić information content (AvgIpc) is 2.59. The molecule has 1 amide bonds. The maximum absolute atomic E-state index is 11.6. The first-order chi connectivity index (χ1) is 11.5. The molecule has 0 spiro atoms.